The Kier molecular flexibility index (Phi) is 11.0. The van der Waals surface area contributed by atoms with Gasteiger partial charge in [0.2, 0.25) is 5.91 Å². The highest BCUT2D eigenvalue weighted by atomic mass is 79.9. The number of halogens is 1. The number of carboxylic acid groups (broad SMARTS) is 1. The minimum Gasteiger partial charge on any atom is -0.465 e. The Morgan fingerprint density at radius 3 is 2.58 bits per heavy atom. The quantitative estimate of drug-likeness (QED) is 0.190. The van der Waals surface area contributed by atoms with E-state index in [1.807, 2.05) is 11.5 Å². The van der Waals surface area contributed by atoms with Gasteiger partial charge in [0.25, 0.3) is 0 Å². The van der Waals surface area contributed by atoms with E-state index in [0.29, 0.717) is 39.3 Å². The van der Waals surface area contributed by atoms with Crippen LogP contribution in [0, 0.1) is 11.3 Å². The predicted molar refractivity (Wildman–Crippen MR) is 153 cm³/mol. The highest BCUT2D eigenvalue weighted by Crippen LogP contribution is 2.59. The molecule has 1 spiro atoms. The van der Waals surface area contributed by atoms with Crippen LogP contribution in [0.15, 0.2) is 10.8 Å². The van der Waals surface area contributed by atoms with Crippen LogP contribution in [-0.2, 0) is 21.1 Å². The second-order valence-electron chi connectivity index (χ2n) is 12.2. The van der Waals surface area contributed by atoms with E-state index in [2.05, 4.69) is 45.9 Å². The Morgan fingerprint density at radius 2 is 1.95 bits per heavy atom. The van der Waals surface area contributed by atoms with Gasteiger partial charge in [-0.25, -0.2) is 9.78 Å². The van der Waals surface area contributed by atoms with Crippen LogP contribution in [0.25, 0.3) is 0 Å². The van der Waals surface area contributed by atoms with E-state index in [0.717, 1.165) is 61.4 Å². The Hall–Kier alpha value is -1.72. The molecule has 2 heterocycles. The number of unbranched alkanes of at least 4 members (excludes halogenated alkanes) is 2. The summed E-state index contributed by atoms with van der Waals surface area (Å²) in [6.07, 6.45) is 7.74. The van der Waals surface area contributed by atoms with Crippen LogP contribution in [0.4, 0.5) is 4.79 Å². The van der Waals surface area contributed by atoms with Gasteiger partial charge in [-0.2, -0.15) is 0 Å². The summed E-state index contributed by atoms with van der Waals surface area (Å²) >= 11 is 3.60. The van der Waals surface area contributed by atoms with Crippen molar-refractivity contribution in [3.63, 3.8) is 0 Å². The van der Waals surface area contributed by atoms with E-state index in [9.17, 15) is 19.5 Å². The molecule has 1 aliphatic heterocycles. The second kappa shape index (κ2) is 13.6. The SMILES string of the molecule is CCC(=O)CCCCC[C@H](NC(=O)C1CC12CCN(C(=O)O)CC2)c1ncc(Br)n1COCC[Si](C)(C)C. The van der Waals surface area contributed by atoms with Crippen molar-refractivity contribution in [3.05, 3.63) is 16.6 Å². The first-order valence-corrected chi connectivity index (χ1v) is 18.5. The molecule has 0 aromatic carbocycles. The molecule has 1 aromatic heterocycles. The Balaban J connectivity index is 1.64. The van der Waals surface area contributed by atoms with E-state index < -0.39 is 14.2 Å². The molecule has 1 aromatic rings. The molecule has 2 fully saturated rings. The van der Waals surface area contributed by atoms with Crippen molar-refractivity contribution in [2.24, 2.45) is 11.3 Å². The van der Waals surface area contributed by atoms with Gasteiger partial charge in [0.1, 0.15) is 22.9 Å². The maximum absolute atomic E-state index is 13.4. The molecule has 11 heteroatoms. The van der Waals surface area contributed by atoms with Crippen LogP contribution in [-0.4, -0.2) is 65.1 Å². The van der Waals surface area contributed by atoms with Gasteiger partial charge in [-0.15, -0.1) is 0 Å². The van der Waals surface area contributed by atoms with E-state index in [1.165, 1.54) is 4.90 Å². The molecule has 2 N–H and O–H groups in total. The Labute approximate surface area is 236 Å². The molecular formula is C27H45BrN4O5Si. The Morgan fingerprint density at radius 1 is 1.24 bits per heavy atom. The number of imidazole rings is 1. The third-order valence-electron chi connectivity index (χ3n) is 8.06. The molecule has 1 aliphatic carbocycles. The topological polar surface area (TPSA) is 114 Å². The number of piperidine rings is 1. The first-order valence-electron chi connectivity index (χ1n) is 14.0. The van der Waals surface area contributed by atoms with Crippen molar-refractivity contribution in [1.29, 1.82) is 0 Å². The molecule has 2 atom stereocenters. The molecule has 9 nitrogen and oxygen atoms in total. The molecule has 214 valence electrons. The fraction of sp³-hybridized carbons (Fsp3) is 0.778. The number of Topliss-reactive ketones (excluding diaryl/α,β-unsaturated/α-hetero) is 1. The van der Waals surface area contributed by atoms with E-state index in [4.69, 9.17) is 4.74 Å². The highest BCUT2D eigenvalue weighted by molar-refractivity contribution is 9.10. The van der Waals surface area contributed by atoms with Crippen LogP contribution in [0.2, 0.25) is 25.7 Å². The number of likely N-dealkylation sites (tertiary alicyclic amines) is 1. The predicted octanol–water partition coefficient (Wildman–Crippen LogP) is 5.82. The molecule has 1 unspecified atom stereocenters. The summed E-state index contributed by atoms with van der Waals surface area (Å²) in [7, 11) is -1.20. The van der Waals surface area contributed by atoms with Gasteiger partial charge in [0.05, 0.1) is 12.2 Å². The fourth-order valence-corrected chi connectivity index (χ4v) is 6.43. The van der Waals surface area contributed by atoms with Gasteiger partial charge in [-0.1, -0.05) is 39.4 Å². The average Bonchev–Trinajstić information content (AvgIpc) is 3.43. The number of rotatable bonds is 15. The highest BCUT2D eigenvalue weighted by Gasteiger charge is 2.59. The van der Waals surface area contributed by atoms with Crippen molar-refractivity contribution in [2.45, 2.75) is 103 Å². The molecular weight excluding hydrogens is 568 g/mol. The average molecular weight is 614 g/mol. The summed E-state index contributed by atoms with van der Waals surface area (Å²) in [4.78, 5) is 42.5. The summed E-state index contributed by atoms with van der Waals surface area (Å²) in [5.41, 5.74) is -0.0724. The van der Waals surface area contributed by atoms with Crippen molar-refractivity contribution >= 4 is 41.8 Å². The van der Waals surface area contributed by atoms with Crippen LogP contribution in [0.5, 0.6) is 0 Å². The van der Waals surface area contributed by atoms with Crippen molar-refractivity contribution in [2.75, 3.05) is 19.7 Å². The summed E-state index contributed by atoms with van der Waals surface area (Å²) in [6, 6.07) is 0.821. The van der Waals surface area contributed by atoms with Gasteiger partial charge in [0.15, 0.2) is 0 Å². The first-order chi connectivity index (χ1) is 18.0. The number of ketones is 1. The van der Waals surface area contributed by atoms with E-state index >= 15 is 0 Å². The molecule has 0 bridgehead atoms. The number of ether oxygens (including phenoxy) is 1. The van der Waals surface area contributed by atoms with Crippen LogP contribution >= 0.6 is 15.9 Å². The van der Waals surface area contributed by atoms with Gasteiger partial charge < -0.3 is 20.1 Å². The van der Waals surface area contributed by atoms with Gasteiger partial charge >= 0.3 is 6.09 Å². The Bertz CT molecular complexity index is 971. The zero-order valence-corrected chi connectivity index (χ0v) is 26.0. The van der Waals surface area contributed by atoms with Gasteiger partial charge in [-0.3, -0.25) is 14.2 Å². The number of hydrogen-bond acceptors (Lipinski definition) is 5. The normalized spacial score (nSPS) is 19.4. The third-order valence-corrected chi connectivity index (χ3v) is 10.4. The summed E-state index contributed by atoms with van der Waals surface area (Å²) in [5.74, 6) is 1.02. The number of carbonyl (C=O) groups excluding carboxylic acids is 2. The van der Waals surface area contributed by atoms with Crippen molar-refractivity contribution in [3.8, 4) is 0 Å². The number of amides is 2. The molecule has 2 aliphatic rings. The maximum atomic E-state index is 13.4. The summed E-state index contributed by atoms with van der Waals surface area (Å²) in [5, 5.41) is 12.6. The van der Waals surface area contributed by atoms with Crippen LogP contribution in [0.1, 0.15) is 76.6 Å². The number of hydrogen-bond donors (Lipinski definition) is 2. The zero-order chi connectivity index (χ0) is 27.9. The molecule has 3 rings (SSSR count). The lowest BCUT2D eigenvalue weighted by molar-refractivity contribution is -0.124. The fourth-order valence-electron chi connectivity index (χ4n) is 5.28. The maximum Gasteiger partial charge on any atom is 0.407 e. The van der Waals surface area contributed by atoms with Crippen LogP contribution < -0.4 is 5.32 Å². The van der Waals surface area contributed by atoms with Gasteiger partial charge in [0, 0.05) is 46.5 Å². The molecule has 0 radical (unpaired) electrons. The van der Waals surface area contributed by atoms with Crippen LogP contribution in [0.3, 0.4) is 0 Å². The number of aromatic nitrogens is 2. The van der Waals surface area contributed by atoms with E-state index in [1.54, 1.807) is 6.20 Å². The minimum absolute atomic E-state index is 0.0326. The number of nitrogens with zero attached hydrogens (tertiary/aromatic N) is 3. The first kappa shape index (κ1) is 30.8. The molecule has 38 heavy (non-hydrogen) atoms. The lowest BCUT2D eigenvalue weighted by Gasteiger charge is -2.31. The number of nitrogens with one attached hydrogen (secondary N) is 1. The molecule has 1 saturated heterocycles. The standard InChI is InChI=1S/C27H45BrN4O5Si/c1-5-20(33)9-7-6-8-10-22(24-29-18-23(28)32(24)19-37-15-16-38(2,3)4)30-25(34)21-17-27(21)11-13-31(14-12-27)26(35)36/h18,21-22H,5-17,19H2,1-4H3,(H,30,34)(H,35,36)/t21?,22-/m0/s1. The largest absolute Gasteiger partial charge is 0.465 e. The lowest BCUT2D eigenvalue weighted by Crippen LogP contribution is -2.40. The van der Waals surface area contributed by atoms with Crippen molar-refractivity contribution < 1.29 is 24.2 Å². The lowest BCUT2D eigenvalue weighted by atomic mass is 9.90. The number of carbonyl (C=O) groups is 3. The monoisotopic (exact) mass is 612 g/mol. The van der Waals surface area contributed by atoms with Crippen molar-refractivity contribution in [1.82, 2.24) is 19.8 Å². The second-order valence-corrected chi connectivity index (χ2v) is 18.6. The third kappa shape index (κ3) is 8.64. The minimum atomic E-state index is -1.20. The summed E-state index contributed by atoms with van der Waals surface area (Å²) < 4.78 is 8.82. The molecule has 2 amide bonds. The van der Waals surface area contributed by atoms with E-state index in [-0.39, 0.29) is 29.1 Å². The zero-order valence-electron chi connectivity index (χ0n) is 23.4. The summed E-state index contributed by atoms with van der Waals surface area (Å²) in [6.45, 7) is 10.9. The molecule has 1 saturated carbocycles. The smallest absolute Gasteiger partial charge is 0.407 e. The van der Waals surface area contributed by atoms with Gasteiger partial charge in [-0.05, 0) is 59.5 Å².